The average Bonchev–Trinajstić information content (AvgIpc) is 2.71. The molecule has 0 aromatic heterocycles. The van der Waals surface area contributed by atoms with Crippen molar-refractivity contribution in [1.82, 2.24) is 0 Å². The summed E-state index contributed by atoms with van der Waals surface area (Å²) in [7, 11) is 3.23. The van der Waals surface area contributed by atoms with Crippen molar-refractivity contribution in [3.05, 3.63) is 57.6 Å². The summed E-state index contributed by atoms with van der Waals surface area (Å²) in [5.74, 6) is -2.67. The van der Waals surface area contributed by atoms with Crippen molar-refractivity contribution < 1.29 is 37.3 Å². The quantitative estimate of drug-likeness (QED) is 0.669. The molecule has 0 fully saturated rings. The number of halogens is 5. The van der Waals surface area contributed by atoms with Crippen molar-refractivity contribution in [3.8, 4) is 5.75 Å². The molecule has 2 aromatic rings. The van der Waals surface area contributed by atoms with Gasteiger partial charge >= 0.3 is 12.1 Å². The molecule has 0 spiro atoms. The van der Waals surface area contributed by atoms with Gasteiger partial charge in [-0.3, -0.25) is 4.79 Å². The Morgan fingerprint density at radius 2 is 1.67 bits per heavy atom. The van der Waals surface area contributed by atoms with E-state index in [0.717, 1.165) is 30.2 Å². The molecule has 1 N–H and O–H groups in total. The Morgan fingerprint density at radius 3 is 2.17 bits per heavy atom. The van der Waals surface area contributed by atoms with E-state index in [4.69, 9.17) is 27.9 Å². The maximum absolute atomic E-state index is 13.5. The van der Waals surface area contributed by atoms with Gasteiger partial charge in [-0.15, -0.1) is 0 Å². The minimum absolute atomic E-state index is 0.0757. The lowest BCUT2D eigenvalue weighted by molar-refractivity contribution is -0.266. The van der Waals surface area contributed by atoms with Gasteiger partial charge in [0.15, 0.2) is 0 Å². The summed E-state index contributed by atoms with van der Waals surface area (Å²) in [5.41, 5.74) is -4.51. The molecule has 0 heterocycles. The topological polar surface area (TPSA) is 76.1 Å². The van der Waals surface area contributed by atoms with Gasteiger partial charge in [-0.05, 0) is 30.3 Å². The zero-order valence-corrected chi connectivity index (χ0v) is 17.4. The first-order chi connectivity index (χ1) is 13.9. The highest BCUT2D eigenvalue weighted by Gasteiger charge is 2.62. The zero-order chi connectivity index (χ0) is 22.9. The lowest BCUT2D eigenvalue weighted by Crippen LogP contribution is -2.49. The van der Waals surface area contributed by atoms with Crippen LogP contribution >= 0.6 is 23.2 Å². The van der Waals surface area contributed by atoms with Gasteiger partial charge in [0.1, 0.15) is 5.75 Å². The van der Waals surface area contributed by atoms with E-state index in [1.807, 2.05) is 0 Å². The smallest absolute Gasteiger partial charge is 0.432 e. The number of benzene rings is 2. The molecule has 0 radical (unpaired) electrons. The molecular formula is C19H16Cl2F3NO5. The fraction of sp³-hybridized carbons (Fsp3) is 0.263. The lowest BCUT2D eigenvalue weighted by atomic mass is 9.92. The summed E-state index contributed by atoms with van der Waals surface area (Å²) in [6, 6.07) is 6.93. The first-order valence-electron chi connectivity index (χ1n) is 8.17. The van der Waals surface area contributed by atoms with Crippen LogP contribution < -0.4 is 9.64 Å². The molecule has 0 aliphatic heterocycles. The van der Waals surface area contributed by atoms with Crippen LogP contribution in [0.3, 0.4) is 0 Å². The van der Waals surface area contributed by atoms with Gasteiger partial charge < -0.3 is 19.5 Å². The molecule has 0 aliphatic carbocycles. The summed E-state index contributed by atoms with van der Waals surface area (Å²) in [6.45, 7) is 0. The Kier molecular flexibility index (Phi) is 6.90. The molecule has 2 aromatic carbocycles. The van der Waals surface area contributed by atoms with Crippen molar-refractivity contribution >= 4 is 40.8 Å². The van der Waals surface area contributed by atoms with E-state index in [1.54, 1.807) is 0 Å². The van der Waals surface area contributed by atoms with Gasteiger partial charge in [0.05, 0.1) is 30.0 Å². The number of carbonyl (C=O) groups excluding carboxylic acids is 2. The summed E-state index contributed by atoms with van der Waals surface area (Å²) in [6.07, 6.45) is -5.37. The first kappa shape index (κ1) is 23.8. The van der Waals surface area contributed by atoms with Crippen LogP contribution in [0.15, 0.2) is 36.4 Å². The van der Waals surface area contributed by atoms with Gasteiger partial charge in [0, 0.05) is 18.2 Å². The van der Waals surface area contributed by atoms with Crippen LogP contribution in [0.5, 0.6) is 5.75 Å². The van der Waals surface area contributed by atoms with Gasteiger partial charge in [0.2, 0.25) is 0 Å². The summed E-state index contributed by atoms with van der Waals surface area (Å²) in [4.78, 5) is 25.6. The maximum Gasteiger partial charge on any atom is 0.432 e. The molecule has 1 atom stereocenters. The van der Waals surface area contributed by atoms with E-state index in [1.165, 1.54) is 25.2 Å². The third-order valence-electron chi connectivity index (χ3n) is 4.32. The van der Waals surface area contributed by atoms with Gasteiger partial charge in [-0.25, -0.2) is 4.79 Å². The highest BCUT2D eigenvalue weighted by molar-refractivity contribution is 6.42. The molecule has 0 saturated carbocycles. The molecular weight excluding hydrogens is 450 g/mol. The number of anilines is 1. The molecule has 0 unspecified atom stereocenters. The minimum Gasteiger partial charge on any atom is -0.495 e. The summed E-state index contributed by atoms with van der Waals surface area (Å²) in [5, 5.41) is 10.5. The standard InChI is InChI=1S/C19H16Cl2F3NO5/c1-25(16(26)10-4-6-12(20)13(21)8-10)14-7-5-11(9-15(14)29-2)18(28,17(27)30-3)19(22,23)24/h4-9,28H,1-3H3/t18-/m1/s1. The molecule has 0 bridgehead atoms. The monoisotopic (exact) mass is 465 g/mol. The highest BCUT2D eigenvalue weighted by atomic mass is 35.5. The minimum atomic E-state index is -5.37. The lowest BCUT2D eigenvalue weighted by Gasteiger charge is -2.29. The average molecular weight is 466 g/mol. The van der Waals surface area contributed by atoms with E-state index in [-0.39, 0.29) is 27.0 Å². The number of hydrogen-bond acceptors (Lipinski definition) is 5. The van der Waals surface area contributed by atoms with Crippen LogP contribution in [0.4, 0.5) is 18.9 Å². The van der Waals surface area contributed by atoms with Crippen LogP contribution in [-0.4, -0.2) is 44.4 Å². The van der Waals surface area contributed by atoms with Crippen molar-refractivity contribution in [2.24, 2.45) is 0 Å². The first-order valence-corrected chi connectivity index (χ1v) is 8.93. The van der Waals surface area contributed by atoms with Crippen molar-refractivity contribution in [1.29, 1.82) is 0 Å². The number of alkyl halides is 3. The van der Waals surface area contributed by atoms with Crippen LogP contribution in [0.2, 0.25) is 10.0 Å². The van der Waals surface area contributed by atoms with Crippen LogP contribution in [0, 0.1) is 0 Å². The Morgan fingerprint density at radius 1 is 1.03 bits per heavy atom. The van der Waals surface area contributed by atoms with E-state index in [0.29, 0.717) is 7.11 Å². The number of esters is 1. The SMILES string of the molecule is COC(=O)[C@](O)(c1ccc(N(C)C(=O)c2ccc(Cl)c(Cl)c2)c(OC)c1)C(F)(F)F. The van der Waals surface area contributed by atoms with Crippen LogP contribution in [0.25, 0.3) is 0 Å². The van der Waals surface area contributed by atoms with Crippen molar-refractivity contribution in [3.63, 3.8) is 0 Å². The molecule has 0 aliphatic rings. The van der Waals surface area contributed by atoms with E-state index in [2.05, 4.69) is 4.74 Å². The summed E-state index contributed by atoms with van der Waals surface area (Å²) >= 11 is 11.8. The molecule has 2 rings (SSSR count). The fourth-order valence-corrected chi connectivity index (χ4v) is 2.96. The summed E-state index contributed by atoms with van der Waals surface area (Å²) < 4.78 is 49.6. The zero-order valence-electron chi connectivity index (χ0n) is 15.9. The predicted octanol–water partition coefficient (Wildman–Crippen LogP) is 4.20. The maximum atomic E-state index is 13.5. The number of ether oxygens (including phenoxy) is 2. The van der Waals surface area contributed by atoms with E-state index in [9.17, 15) is 27.9 Å². The van der Waals surface area contributed by atoms with Crippen molar-refractivity contribution in [2.75, 3.05) is 26.2 Å². The fourth-order valence-electron chi connectivity index (χ4n) is 2.66. The van der Waals surface area contributed by atoms with E-state index >= 15 is 0 Å². The van der Waals surface area contributed by atoms with Crippen molar-refractivity contribution in [2.45, 2.75) is 11.8 Å². The number of methoxy groups -OCH3 is 2. The van der Waals surface area contributed by atoms with Gasteiger partial charge in [-0.1, -0.05) is 29.3 Å². The molecule has 162 valence electrons. The van der Waals surface area contributed by atoms with Crippen LogP contribution in [-0.2, 0) is 15.1 Å². The third kappa shape index (κ3) is 4.19. The number of carbonyl (C=O) groups is 2. The highest BCUT2D eigenvalue weighted by Crippen LogP contribution is 2.43. The second-order valence-corrected chi connectivity index (χ2v) is 6.89. The number of amides is 1. The molecule has 11 heteroatoms. The number of nitrogens with zero attached hydrogens (tertiary/aromatic N) is 1. The second kappa shape index (κ2) is 8.71. The van der Waals surface area contributed by atoms with E-state index < -0.39 is 29.2 Å². The van der Waals surface area contributed by atoms with Gasteiger partial charge in [0.25, 0.3) is 11.5 Å². The largest absolute Gasteiger partial charge is 0.495 e. The predicted molar refractivity (Wildman–Crippen MR) is 104 cm³/mol. The Hall–Kier alpha value is -2.49. The number of rotatable bonds is 5. The number of aliphatic hydroxyl groups is 1. The molecule has 1 amide bonds. The molecule has 0 saturated heterocycles. The Labute approximate surface area is 179 Å². The third-order valence-corrected chi connectivity index (χ3v) is 5.06. The molecule has 30 heavy (non-hydrogen) atoms. The normalized spacial score (nSPS) is 13.4. The second-order valence-electron chi connectivity index (χ2n) is 6.08. The number of hydrogen-bond donors (Lipinski definition) is 1. The Balaban J connectivity index is 2.52. The molecule has 6 nitrogen and oxygen atoms in total. The Bertz CT molecular complexity index is 983. The van der Waals surface area contributed by atoms with Gasteiger partial charge in [-0.2, -0.15) is 13.2 Å². The van der Waals surface area contributed by atoms with Crippen LogP contribution in [0.1, 0.15) is 15.9 Å².